The van der Waals surface area contributed by atoms with Gasteiger partial charge < -0.3 is 20.9 Å². The maximum atomic E-state index is 12.4. The Morgan fingerprint density at radius 3 is 2.70 bits per heavy atom. The minimum absolute atomic E-state index is 0.108. The highest BCUT2D eigenvalue weighted by molar-refractivity contribution is 6.05. The van der Waals surface area contributed by atoms with Crippen molar-refractivity contribution in [3.05, 3.63) is 36.3 Å². The molecule has 120 valence electrons. The van der Waals surface area contributed by atoms with E-state index < -0.39 is 5.91 Å². The highest BCUT2D eigenvalue weighted by atomic mass is 16.2. The standard InChI is InChI=1S/C15H19N7O/c1-21-6-8-22(9-7-21)12-10-18-14(16)13(20-12)15(23)19-11-4-2-3-5-17-11/h2-5,10H,6-9H2,1H3,(H2,16,18)(H,17,19,23). The van der Waals surface area contributed by atoms with Gasteiger partial charge in [0.1, 0.15) is 11.6 Å². The number of likely N-dealkylation sites (N-methyl/N-ethyl adjacent to an activating group) is 1. The monoisotopic (exact) mass is 313 g/mol. The summed E-state index contributed by atoms with van der Waals surface area (Å²) in [5.41, 5.74) is 5.93. The van der Waals surface area contributed by atoms with Gasteiger partial charge in [0, 0.05) is 32.4 Å². The van der Waals surface area contributed by atoms with Crippen LogP contribution in [0.1, 0.15) is 10.5 Å². The summed E-state index contributed by atoms with van der Waals surface area (Å²) in [5.74, 6) is 0.808. The normalized spacial score (nSPS) is 15.4. The van der Waals surface area contributed by atoms with Crippen molar-refractivity contribution < 1.29 is 4.79 Å². The fourth-order valence-corrected chi connectivity index (χ4v) is 2.36. The topological polar surface area (TPSA) is 100 Å². The zero-order valence-corrected chi connectivity index (χ0v) is 12.9. The molecule has 1 aliphatic heterocycles. The van der Waals surface area contributed by atoms with E-state index in [4.69, 9.17) is 5.73 Å². The van der Waals surface area contributed by atoms with Crippen LogP contribution in [0, 0.1) is 0 Å². The molecule has 8 heteroatoms. The molecule has 0 spiro atoms. The molecule has 3 heterocycles. The number of nitrogens with zero attached hydrogens (tertiary/aromatic N) is 5. The smallest absolute Gasteiger partial charge is 0.279 e. The predicted molar refractivity (Wildman–Crippen MR) is 88.3 cm³/mol. The van der Waals surface area contributed by atoms with E-state index in [1.54, 1.807) is 30.6 Å². The third-order valence-corrected chi connectivity index (χ3v) is 3.74. The quantitative estimate of drug-likeness (QED) is 0.849. The number of piperazine rings is 1. The van der Waals surface area contributed by atoms with Gasteiger partial charge in [-0.05, 0) is 19.2 Å². The lowest BCUT2D eigenvalue weighted by atomic mass is 10.3. The number of aromatic nitrogens is 3. The number of rotatable bonds is 3. The van der Waals surface area contributed by atoms with E-state index in [0.29, 0.717) is 11.6 Å². The van der Waals surface area contributed by atoms with Gasteiger partial charge >= 0.3 is 0 Å². The van der Waals surface area contributed by atoms with Crippen molar-refractivity contribution in [3.8, 4) is 0 Å². The molecule has 0 atom stereocenters. The highest BCUT2D eigenvalue weighted by Gasteiger charge is 2.19. The van der Waals surface area contributed by atoms with Gasteiger partial charge in [0.15, 0.2) is 11.5 Å². The first kappa shape index (κ1) is 15.2. The molecule has 0 aliphatic carbocycles. The molecule has 1 amide bonds. The van der Waals surface area contributed by atoms with E-state index in [9.17, 15) is 4.79 Å². The molecule has 2 aromatic heterocycles. The lowest BCUT2D eigenvalue weighted by molar-refractivity contribution is 0.102. The van der Waals surface area contributed by atoms with Crippen LogP contribution in [0.4, 0.5) is 17.5 Å². The fourth-order valence-electron chi connectivity index (χ4n) is 2.36. The summed E-state index contributed by atoms with van der Waals surface area (Å²) in [5, 5.41) is 2.68. The van der Waals surface area contributed by atoms with Gasteiger partial charge in [0.25, 0.3) is 5.91 Å². The number of carbonyl (C=O) groups is 1. The molecule has 0 aromatic carbocycles. The summed E-state index contributed by atoms with van der Waals surface area (Å²) in [6.07, 6.45) is 3.21. The summed E-state index contributed by atoms with van der Waals surface area (Å²) < 4.78 is 0. The summed E-state index contributed by atoms with van der Waals surface area (Å²) >= 11 is 0. The van der Waals surface area contributed by atoms with Crippen molar-refractivity contribution in [1.82, 2.24) is 19.9 Å². The average molecular weight is 313 g/mol. The van der Waals surface area contributed by atoms with Gasteiger partial charge in [-0.15, -0.1) is 0 Å². The SMILES string of the molecule is CN1CCN(c2cnc(N)c(C(=O)Nc3ccccn3)n2)CC1. The van der Waals surface area contributed by atoms with Crippen molar-refractivity contribution >= 4 is 23.4 Å². The Morgan fingerprint density at radius 1 is 1.22 bits per heavy atom. The molecule has 0 radical (unpaired) electrons. The Kier molecular flexibility index (Phi) is 4.33. The summed E-state index contributed by atoms with van der Waals surface area (Å²) in [4.78, 5) is 29.3. The first-order valence-corrected chi connectivity index (χ1v) is 7.42. The largest absolute Gasteiger partial charge is 0.382 e. The van der Waals surface area contributed by atoms with Crippen molar-refractivity contribution in [2.24, 2.45) is 0 Å². The Labute approximate surface area is 134 Å². The maximum absolute atomic E-state index is 12.4. The lowest BCUT2D eigenvalue weighted by Crippen LogP contribution is -2.45. The van der Waals surface area contributed by atoms with Crippen LogP contribution < -0.4 is 16.0 Å². The molecule has 0 bridgehead atoms. The van der Waals surface area contributed by atoms with Crippen LogP contribution in [0.5, 0.6) is 0 Å². The van der Waals surface area contributed by atoms with Gasteiger partial charge in [-0.3, -0.25) is 4.79 Å². The van der Waals surface area contributed by atoms with Gasteiger partial charge in [0.2, 0.25) is 0 Å². The Morgan fingerprint density at radius 2 is 2.00 bits per heavy atom. The Bertz CT molecular complexity index is 683. The first-order valence-electron chi connectivity index (χ1n) is 7.42. The summed E-state index contributed by atoms with van der Waals surface area (Å²) in [7, 11) is 2.08. The molecule has 0 unspecified atom stereocenters. The third kappa shape index (κ3) is 3.54. The average Bonchev–Trinajstić information content (AvgIpc) is 2.57. The van der Waals surface area contributed by atoms with Crippen molar-refractivity contribution in [3.63, 3.8) is 0 Å². The molecule has 0 saturated carbocycles. The number of pyridine rings is 1. The van der Waals surface area contributed by atoms with Crippen LogP contribution in [-0.4, -0.2) is 59.0 Å². The first-order chi connectivity index (χ1) is 11.1. The molecular formula is C15H19N7O. The van der Waals surface area contributed by atoms with Crippen LogP contribution in [-0.2, 0) is 0 Å². The van der Waals surface area contributed by atoms with Gasteiger partial charge in [-0.2, -0.15) is 0 Å². The number of hydrogen-bond acceptors (Lipinski definition) is 7. The number of carbonyl (C=O) groups excluding carboxylic acids is 1. The fraction of sp³-hybridized carbons (Fsp3) is 0.333. The minimum Gasteiger partial charge on any atom is -0.382 e. The number of anilines is 3. The third-order valence-electron chi connectivity index (χ3n) is 3.74. The van der Waals surface area contributed by atoms with E-state index in [1.165, 1.54) is 0 Å². The second-order valence-electron chi connectivity index (χ2n) is 5.42. The molecule has 23 heavy (non-hydrogen) atoms. The molecule has 1 fully saturated rings. The number of nitrogen functional groups attached to an aromatic ring is 1. The molecule has 1 aliphatic rings. The molecular weight excluding hydrogens is 294 g/mol. The van der Waals surface area contributed by atoms with Crippen LogP contribution in [0.3, 0.4) is 0 Å². The molecule has 1 saturated heterocycles. The zero-order valence-electron chi connectivity index (χ0n) is 12.9. The van der Waals surface area contributed by atoms with Crippen molar-refractivity contribution in [1.29, 1.82) is 0 Å². The Hall–Kier alpha value is -2.74. The second kappa shape index (κ2) is 6.57. The van der Waals surface area contributed by atoms with Crippen LogP contribution in [0.25, 0.3) is 0 Å². The van der Waals surface area contributed by atoms with Gasteiger partial charge in [-0.1, -0.05) is 6.07 Å². The van der Waals surface area contributed by atoms with Crippen LogP contribution in [0.15, 0.2) is 30.6 Å². The Balaban J connectivity index is 1.79. The lowest BCUT2D eigenvalue weighted by Gasteiger charge is -2.33. The van der Waals surface area contributed by atoms with E-state index >= 15 is 0 Å². The van der Waals surface area contributed by atoms with E-state index in [2.05, 4.69) is 37.1 Å². The zero-order chi connectivity index (χ0) is 16.2. The molecule has 8 nitrogen and oxygen atoms in total. The van der Waals surface area contributed by atoms with E-state index in [0.717, 1.165) is 26.2 Å². The number of nitrogens with two attached hydrogens (primary N) is 1. The highest BCUT2D eigenvalue weighted by Crippen LogP contribution is 2.16. The second-order valence-corrected chi connectivity index (χ2v) is 5.42. The van der Waals surface area contributed by atoms with Crippen molar-refractivity contribution in [2.45, 2.75) is 0 Å². The van der Waals surface area contributed by atoms with E-state index in [1.807, 2.05) is 0 Å². The number of nitrogens with one attached hydrogen (secondary N) is 1. The van der Waals surface area contributed by atoms with Gasteiger partial charge in [0.05, 0.1) is 6.20 Å². The number of amides is 1. The summed E-state index contributed by atoms with van der Waals surface area (Å²) in [6.45, 7) is 3.58. The predicted octanol–water partition coefficient (Wildman–Crippen LogP) is 0.458. The van der Waals surface area contributed by atoms with Crippen LogP contribution >= 0.6 is 0 Å². The number of hydrogen-bond donors (Lipinski definition) is 2. The van der Waals surface area contributed by atoms with Crippen molar-refractivity contribution in [2.75, 3.05) is 49.2 Å². The summed E-state index contributed by atoms with van der Waals surface area (Å²) in [6, 6.07) is 5.27. The minimum atomic E-state index is -0.412. The molecule has 3 N–H and O–H groups in total. The maximum Gasteiger partial charge on any atom is 0.279 e. The van der Waals surface area contributed by atoms with Crippen LogP contribution in [0.2, 0.25) is 0 Å². The van der Waals surface area contributed by atoms with Gasteiger partial charge in [-0.25, -0.2) is 15.0 Å². The molecule has 2 aromatic rings. The van der Waals surface area contributed by atoms with E-state index in [-0.39, 0.29) is 11.5 Å². The molecule has 3 rings (SSSR count).